The predicted octanol–water partition coefficient (Wildman–Crippen LogP) is 1.99. The lowest BCUT2D eigenvalue weighted by molar-refractivity contribution is -0.120. The number of likely N-dealkylation sites (N-methyl/N-ethyl adjacent to an activating group) is 1. The molecule has 2 atom stereocenters. The SMILES string of the molecule is CC(C)N(C)C1CCCCC1NC(=O)CCl. The van der Waals surface area contributed by atoms with Crippen LogP contribution in [0.2, 0.25) is 0 Å². The van der Waals surface area contributed by atoms with Gasteiger partial charge in [0.25, 0.3) is 0 Å². The number of alkyl halides is 1. The topological polar surface area (TPSA) is 32.3 Å². The van der Waals surface area contributed by atoms with E-state index in [0.717, 1.165) is 6.42 Å². The first-order chi connectivity index (χ1) is 7.56. The lowest BCUT2D eigenvalue weighted by Gasteiger charge is -2.40. The Morgan fingerprint density at radius 2 is 2.06 bits per heavy atom. The van der Waals surface area contributed by atoms with Crippen LogP contribution in [-0.4, -0.2) is 41.9 Å². The van der Waals surface area contributed by atoms with Gasteiger partial charge in [0.15, 0.2) is 0 Å². The molecule has 4 heteroatoms. The van der Waals surface area contributed by atoms with Gasteiger partial charge in [0, 0.05) is 18.1 Å². The molecule has 0 aromatic rings. The van der Waals surface area contributed by atoms with E-state index >= 15 is 0 Å². The molecule has 1 amide bonds. The molecule has 1 aliphatic carbocycles. The van der Waals surface area contributed by atoms with E-state index in [0.29, 0.717) is 12.1 Å². The molecule has 0 aliphatic heterocycles. The minimum absolute atomic E-state index is 0.0456. The fraction of sp³-hybridized carbons (Fsp3) is 0.917. The van der Waals surface area contributed by atoms with Gasteiger partial charge in [0.2, 0.25) is 5.91 Å². The molecular weight excluding hydrogens is 224 g/mol. The van der Waals surface area contributed by atoms with E-state index in [9.17, 15) is 4.79 Å². The van der Waals surface area contributed by atoms with Crippen molar-refractivity contribution >= 4 is 17.5 Å². The summed E-state index contributed by atoms with van der Waals surface area (Å²) >= 11 is 5.54. The number of nitrogens with zero attached hydrogens (tertiary/aromatic N) is 1. The van der Waals surface area contributed by atoms with Crippen LogP contribution in [0.15, 0.2) is 0 Å². The molecule has 1 fully saturated rings. The van der Waals surface area contributed by atoms with Crippen LogP contribution in [-0.2, 0) is 4.79 Å². The third kappa shape index (κ3) is 3.63. The Morgan fingerprint density at radius 3 is 2.62 bits per heavy atom. The predicted molar refractivity (Wildman–Crippen MR) is 67.8 cm³/mol. The molecule has 3 nitrogen and oxygen atoms in total. The molecule has 0 heterocycles. The van der Waals surface area contributed by atoms with Gasteiger partial charge in [-0.1, -0.05) is 12.8 Å². The maximum absolute atomic E-state index is 11.4. The molecular formula is C12H23ClN2O. The summed E-state index contributed by atoms with van der Waals surface area (Å²) in [4.78, 5) is 13.7. The van der Waals surface area contributed by atoms with Crippen molar-refractivity contribution in [3.8, 4) is 0 Å². The lowest BCUT2D eigenvalue weighted by Crippen LogP contribution is -2.54. The Labute approximate surface area is 104 Å². The van der Waals surface area contributed by atoms with E-state index in [1.54, 1.807) is 0 Å². The average Bonchev–Trinajstić information content (AvgIpc) is 2.28. The van der Waals surface area contributed by atoms with E-state index in [2.05, 4.69) is 31.1 Å². The second-order valence-electron chi connectivity index (χ2n) is 4.92. The molecule has 1 rings (SSSR count). The van der Waals surface area contributed by atoms with Gasteiger partial charge < -0.3 is 5.32 Å². The minimum atomic E-state index is -0.0456. The lowest BCUT2D eigenvalue weighted by atomic mass is 9.88. The molecule has 1 N–H and O–H groups in total. The Hall–Kier alpha value is -0.280. The van der Waals surface area contributed by atoms with Gasteiger partial charge in [0.1, 0.15) is 5.88 Å². The second-order valence-corrected chi connectivity index (χ2v) is 5.19. The summed E-state index contributed by atoms with van der Waals surface area (Å²) in [7, 11) is 2.14. The van der Waals surface area contributed by atoms with Crippen LogP contribution < -0.4 is 5.32 Å². The number of halogens is 1. The molecule has 1 saturated carbocycles. The van der Waals surface area contributed by atoms with Crippen molar-refractivity contribution in [2.75, 3.05) is 12.9 Å². The number of amides is 1. The summed E-state index contributed by atoms with van der Waals surface area (Å²) in [5, 5.41) is 3.04. The molecule has 0 aromatic carbocycles. The summed E-state index contributed by atoms with van der Waals surface area (Å²) < 4.78 is 0. The van der Waals surface area contributed by atoms with Crippen molar-refractivity contribution in [2.45, 2.75) is 57.7 Å². The Bertz CT molecular complexity index is 233. The standard InChI is InChI=1S/C12H23ClN2O/c1-9(2)15(3)11-7-5-4-6-10(11)14-12(16)8-13/h9-11H,4-8H2,1-3H3,(H,14,16). The maximum Gasteiger partial charge on any atom is 0.235 e. The molecule has 2 unspecified atom stereocenters. The quantitative estimate of drug-likeness (QED) is 0.770. The molecule has 16 heavy (non-hydrogen) atoms. The molecule has 0 radical (unpaired) electrons. The van der Waals surface area contributed by atoms with Crippen LogP contribution in [0, 0.1) is 0 Å². The van der Waals surface area contributed by atoms with Gasteiger partial charge >= 0.3 is 0 Å². The van der Waals surface area contributed by atoms with Gasteiger partial charge in [-0.2, -0.15) is 0 Å². The van der Waals surface area contributed by atoms with Crippen LogP contribution in [0.5, 0.6) is 0 Å². The van der Waals surface area contributed by atoms with Crippen LogP contribution in [0.4, 0.5) is 0 Å². The van der Waals surface area contributed by atoms with Crippen LogP contribution in [0.25, 0.3) is 0 Å². The van der Waals surface area contributed by atoms with Gasteiger partial charge in [-0.3, -0.25) is 9.69 Å². The number of hydrogen-bond donors (Lipinski definition) is 1. The van der Waals surface area contributed by atoms with Crippen LogP contribution in [0.1, 0.15) is 39.5 Å². The van der Waals surface area contributed by atoms with Crippen molar-refractivity contribution in [3.63, 3.8) is 0 Å². The van der Waals surface area contributed by atoms with Gasteiger partial charge in [-0.05, 0) is 33.7 Å². The van der Waals surface area contributed by atoms with Crippen molar-refractivity contribution < 1.29 is 4.79 Å². The second kappa shape index (κ2) is 6.45. The Kier molecular flexibility index (Phi) is 5.56. The highest BCUT2D eigenvalue weighted by molar-refractivity contribution is 6.27. The highest BCUT2D eigenvalue weighted by Crippen LogP contribution is 2.23. The summed E-state index contributed by atoms with van der Waals surface area (Å²) in [6.45, 7) is 4.38. The molecule has 94 valence electrons. The molecule has 0 aromatic heterocycles. The first kappa shape index (κ1) is 13.8. The summed E-state index contributed by atoms with van der Waals surface area (Å²) in [5.74, 6) is 0.0185. The van der Waals surface area contributed by atoms with E-state index in [1.165, 1.54) is 19.3 Å². The summed E-state index contributed by atoms with van der Waals surface area (Å²) in [6.07, 6.45) is 4.71. The van der Waals surface area contributed by atoms with E-state index in [-0.39, 0.29) is 17.8 Å². The third-order valence-electron chi connectivity index (χ3n) is 3.53. The third-order valence-corrected chi connectivity index (χ3v) is 3.78. The smallest absolute Gasteiger partial charge is 0.235 e. The summed E-state index contributed by atoms with van der Waals surface area (Å²) in [6, 6.07) is 1.24. The normalized spacial score (nSPS) is 26.1. The molecule has 1 aliphatic rings. The first-order valence-electron chi connectivity index (χ1n) is 6.13. The Balaban J connectivity index is 2.59. The first-order valence-corrected chi connectivity index (χ1v) is 6.67. The van der Waals surface area contributed by atoms with Crippen molar-refractivity contribution in [1.82, 2.24) is 10.2 Å². The van der Waals surface area contributed by atoms with E-state index in [1.807, 2.05) is 0 Å². The van der Waals surface area contributed by atoms with Crippen molar-refractivity contribution in [3.05, 3.63) is 0 Å². The van der Waals surface area contributed by atoms with Crippen molar-refractivity contribution in [1.29, 1.82) is 0 Å². The number of carbonyl (C=O) groups is 1. The fourth-order valence-electron chi connectivity index (χ4n) is 2.40. The largest absolute Gasteiger partial charge is 0.351 e. The highest BCUT2D eigenvalue weighted by atomic mass is 35.5. The number of nitrogens with one attached hydrogen (secondary N) is 1. The minimum Gasteiger partial charge on any atom is -0.351 e. The number of carbonyl (C=O) groups excluding carboxylic acids is 1. The van der Waals surface area contributed by atoms with Gasteiger partial charge in [-0.25, -0.2) is 0 Å². The average molecular weight is 247 g/mol. The maximum atomic E-state index is 11.4. The van der Waals surface area contributed by atoms with E-state index < -0.39 is 0 Å². The number of hydrogen-bond acceptors (Lipinski definition) is 2. The highest BCUT2D eigenvalue weighted by Gasteiger charge is 2.30. The van der Waals surface area contributed by atoms with E-state index in [4.69, 9.17) is 11.6 Å². The Morgan fingerprint density at radius 1 is 1.44 bits per heavy atom. The van der Waals surface area contributed by atoms with Crippen molar-refractivity contribution in [2.24, 2.45) is 0 Å². The van der Waals surface area contributed by atoms with Crippen LogP contribution >= 0.6 is 11.6 Å². The fourth-order valence-corrected chi connectivity index (χ4v) is 2.47. The zero-order chi connectivity index (χ0) is 12.1. The number of rotatable bonds is 4. The summed E-state index contributed by atoms with van der Waals surface area (Å²) in [5.41, 5.74) is 0. The zero-order valence-corrected chi connectivity index (χ0v) is 11.3. The monoisotopic (exact) mass is 246 g/mol. The molecule has 0 bridgehead atoms. The van der Waals surface area contributed by atoms with Crippen LogP contribution in [0.3, 0.4) is 0 Å². The van der Waals surface area contributed by atoms with Gasteiger partial charge in [0.05, 0.1) is 0 Å². The molecule has 0 spiro atoms. The van der Waals surface area contributed by atoms with Gasteiger partial charge in [-0.15, -0.1) is 11.6 Å². The molecule has 0 saturated heterocycles. The zero-order valence-electron chi connectivity index (χ0n) is 10.5.